The monoisotopic (exact) mass is 1060 g/mol. The number of alkyl halides is 1. The van der Waals surface area contributed by atoms with E-state index < -0.39 is 5.97 Å². The molecule has 4 aliphatic rings. The molecule has 4 saturated carbocycles. The summed E-state index contributed by atoms with van der Waals surface area (Å²) in [6.07, 6.45) is 10.9. The number of carboxylic acids is 1. The third kappa shape index (κ3) is 14.8. The minimum Gasteiger partial charge on any atom is 1.00 e. The molecule has 4 aliphatic carbocycles. The Kier molecular flexibility index (Phi) is 21.1. The summed E-state index contributed by atoms with van der Waals surface area (Å²) in [5.41, 5.74) is 5.78. The van der Waals surface area contributed by atoms with Gasteiger partial charge in [-0.15, -0.1) is 0 Å². The molecule has 0 aliphatic heterocycles. The smallest absolute Gasteiger partial charge is 1.00 e. The van der Waals surface area contributed by atoms with Crippen molar-refractivity contribution in [2.24, 2.45) is 29.6 Å². The molecular weight excluding hydrogens is 1010 g/mol. The van der Waals surface area contributed by atoms with E-state index in [1.807, 2.05) is 0 Å². The summed E-state index contributed by atoms with van der Waals surface area (Å²) in [7, 11) is 0. The maximum Gasteiger partial charge on any atom is 1.00 e. The van der Waals surface area contributed by atoms with Crippen LogP contribution in [0, 0.1) is 29.6 Å². The molecule has 0 aromatic heterocycles. The van der Waals surface area contributed by atoms with E-state index in [9.17, 15) is 4.79 Å². The molecule has 0 saturated heterocycles. The average molecular weight is 1070 g/mol. The van der Waals surface area contributed by atoms with Crippen molar-refractivity contribution in [2.75, 3.05) is 0 Å². The third-order valence-corrected chi connectivity index (χ3v) is 11.2. The zero-order valence-electron chi connectivity index (χ0n) is 29.4. The molecule has 0 heterocycles. The van der Waals surface area contributed by atoms with E-state index in [1.54, 1.807) is 0 Å². The fourth-order valence-corrected chi connectivity index (χ4v) is 8.20. The Bertz CT molecular complexity index is 1130. The van der Waals surface area contributed by atoms with Crippen molar-refractivity contribution in [1.82, 2.24) is 0 Å². The maximum absolute atomic E-state index is 10.7. The largest absolute Gasteiger partial charge is 1.00 e. The van der Waals surface area contributed by atoms with Crippen LogP contribution in [0.3, 0.4) is 0 Å². The van der Waals surface area contributed by atoms with Gasteiger partial charge >= 0.3 is 95.8 Å². The van der Waals surface area contributed by atoms with Gasteiger partial charge in [0.25, 0.3) is 0 Å². The number of halogens is 4. The fraction of sp³-hybridized carbons (Fsp3) is 0.611. The third-order valence-electron chi connectivity index (χ3n) is 9.67. The summed E-state index contributed by atoms with van der Waals surface area (Å²) in [6, 6.07) is 17.9. The van der Waals surface area contributed by atoms with Crippen molar-refractivity contribution in [3.05, 3.63) is 59.7 Å². The van der Waals surface area contributed by atoms with Gasteiger partial charge < -0.3 is 6.53 Å². The van der Waals surface area contributed by atoms with Crippen molar-refractivity contribution >= 4 is 88.0 Å². The zero-order chi connectivity index (χ0) is 33.9. The van der Waals surface area contributed by atoms with Gasteiger partial charge in [-0.1, -0.05) is 106 Å². The first-order valence-corrected chi connectivity index (χ1v) is 30.3. The predicted octanol–water partition coefficient (Wildman–Crippen LogP) is 9.21. The molecule has 0 amide bonds. The van der Waals surface area contributed by atoms with Crippen molar-refractivity contribution in [1.29, 1.82) is 0 Å². The second kappa shape index (κ2) is 21.5. The van der Waals surface area contributed by atoms with E-state index in [4.69, 9.17) is 14.7 Å². The summed E-state index contributed by atoms with van der Waals surface area (Å²) in [5, 5.41) is 8.79. The molecule has 10 heteroatoms. The van der Waals surface area contributed by atoms with Gasteiger partial charge in [-0.05, 0) is 108 Å². The van der Waals surface area contributed by atoms with Gasteiger partial charge in [0.15, 0.2) is 0 Å². The van der Waals surface area contributed by atoms with Gasteiger partial charge in [0.2, 0.25) is 0 Å². The summed E-state index contributed by atoms with van der Waals surface area (Å²) in [5.74, 6) is 2.65. The topological polar surface area (TPSA) is 71.4 Å². The molecule has 252 valence electrons. The molecule has 46 heavy (non-hydrogen) atoms. The molecular formula is C36H50BrI3LiO4V. The quantitative estimate of drug-likeness (QED) is 0.185. The minimum atomic E-state index is -0.551. The van der Waals surface area contributed by atoms with Gasteiger partial charge in [0.05, 0.1) is 5.92 Å². The number of rotatable bonds is 2. The summed E-state index contributed by atoms with van der Waals surface area (Å²) < 4.78 is 0. The van der Waals surface area contributed by atoms with Gasteiger partial charge in [0.1, 0.15) is 0 Å². The van der Waals surface area contributed by atoms with Crippen LogP contribution in [0.15, 0.2) is 48.5 Å². The summed E-state index contributed by atoms with van der Waals surface area (Å²) in [6.45, 7) is 13.5. The summed E-state index contributed by atoms with van der Waals surface area (Å²) in [4.78, 5) is 27.5. The molecule has 4 fully saturated rings. The normalized spacial score (nSPS) is 25.2. The first kappa shape index (κ1) is 45.2. The van der Waals surface area contributed by atoms with Crippen LogP contribution in [0.5, 0.6) is 0 Å². The first-order chi connectivity index (χ1) is 21.0. The Labute approximate surface area is 337 Å². The van der Waals surface area contributed by atoms with Crippen LogP contribution in [-0.4, -0.2) is 22.1 Å². The van der Waals surface area contributed by atoms with Gasteiger partial charge in [-0.2, -0.15) is 9.59 Å². The molecule has 0 unspecified atom stereocenters. The Morgan fingerprint density at radius 2 is 0.935 bits per heavy atom. The predicted molar refractivity (Wildman–Crippen MR) is 212 cm³/mol. The molecule has 2 aromatic rings. The zero-order valence-corrected chi connectivity index (χ0v) is 37.8. The molecule has 0 radical (unpaired) electrons. The van der Waals surface area contributed by atoms with Crippen LogP contribution in [0.2, 0.25) is 0 Å². The van der Waals surface area contributed by atoms with Crippen LogP contribution in [-0.2, 0) is 30.1 Å². The van der Waals surface area contributed by atoms with Crippen molar-refractivity contribution in [3.8, 4) is 11.1 Å². The second-order valence-corrected chi connectivity index (χ2v) is 51.0. The number of carbonyl (C=O) groups excluding carboxylic acids is 2. The van der Waals surface area contributed by atoms with E-state index in [0.29, 0.717) is 11.8 Å². The molecule has 4 nitrogen and oxygen atoms in total. The number of carboxylic acid groups (broad SMARTS) is 1. The number of aliphatic carboxylic acids is 1. The Morgan fingerprint density at radius 3 is 1.09 bits per heavy atom. The maximum atomic E-state index is 10.7. The SMILES string of the molecule is BrC1C2CCC1CC2.CC(C)(C)c1ccc(-c2ccc(C(C)(C)C)cc2)cc1.O=C(O)C1C2CCC1CC2.O=C=O.[H-].[I][V]([I])[I].[Li+]. The van der Waals surface area contributed by atoms with Crippen molar-refractivity contribution in [3.63, 3.8) is 0 Å². The molecule has 0 spiro atoms. The van der Waals surface area contributed by atoms with E-state index in [-0.39, 0.29) is 48.1 Å². The molecule has 4 bridgehead atoms. The van der Waals surface area contributed by atoms with Crippen LogP contribution in [0.4, 0.5) is 0 Å². The van der Waals surface area contributed by atoms with Crippen molar-refractivity contribution < 1.29 is 44.7 Å². The van der Waals surface area contributed by atoms with E-state index >= 15 is 0 Å². The van der Waals surface area contributed by atoms with Crippen LogP contribution < -0.4 is 18.9 Å². The standard InChI is InChI=1S/C20H26.C8H12O2.C7H11Br.CO2.3HI.Li.V.H/c1-19(2,3)17-11-7-15(8-12-17)16-9-13-18(14-10-16)20(4,5)6;9-8(10)7-5-1-2-6(7)4-3-5;8-7-5-1-2-6(7)4-3-5;2-1-3;;;;;;/h7-14H,1-6H3;5-7H,1-4H2,(H,9,10);5-7H,1-4H2;;3*1H;;;/q;;;;;;;+1;+3;-1/p-3. The van der Waals surface area contributed by atoms with Gasteiger partial charge in [-0.25, -0.2) is 0 Å². The van der Waals surface area contributed by atoms with Crippen molar-refractivity contribution in [2.45, 2.75) is 109 Å². The van der Waals surface area contributed by atoms with Gasteiger partial charge in [0, 0.05) is 4.83 Å². The number of hydrogen-bond donors (Lipinski definition) is 1. The number of hydrogen-bond acceptors (Lipinski definition) is 3. The minimum absolute atomic E-state index is 0. The Balaban J connectivity index is 0.000000654. The number of benzene rings is 2. The van der Waals surface area contributed by atoms with Gasteiger partial charge in [-0.3, -0.25) is 4.79 Å². The number of carbonyl (C=O) groups is 1. The number of fused-ring (bicyclic) bond motifs is 4. The fourth-order valence-electron chi connectivity index (χ4n) is 7.14. The van der Waals surface area contributed by atoms with E-state index in [2.05, 4.69) is 166 Å². The Hall–Kier alpha value is 1.14. The van der Waals surface area contributed by atoms with Crippen LogP contribution >= 0.6 is 75.9 Å². The molecule has 0 atom stereocenters. The Morgan fingerprint density at radius 1 is 0.696 bits per heavy atom. The molecule has 2 aromatic carbocycles. The van der Waals surface area contributed by atoms with Crippen LogP contribution in [0.1, 0.15) is 105 Å². The summed E-state index contributed by atoms with van der Waals surface area (Å²) >= 11 is 11.1. The van der Waals surface area contributed by atoms with E-state index in [1.165, 1.54) is 73.6 Å². The van der Waals surface area contributed by atoms with E-state index in [0.717, 1.165) is 16.7 Å². The molecule has 6 rings (SSSR count). The average Bonchev–Trinajstić information content (AvgIpc) is 3.75. The first-order valence-electron chi connectivity index (χ1n) is 15.8. The second-order valence-electron chi connectivity index (χ2n) is 14.6. The molecule has 1 N–H and O–H groups in total. The van der Waals surface area contributed by atoms with Crippen LogP contribution in [0.25, 0.3) is 11.1 Å².